The van der Waals surface area contributed by atoms with Crippen LogP contribution in [0.25, 0.3) is 5.69 Å². The molecule has 0 spiro atoms. The Morgan fingerprint density at radius 2 is 1.68 bits per heavy atom. The highest BCUT2D eigenvalue weighted by Gasteiger charge is 2.32. The van der Waals surface area contributed by atoms with Crippen molar-refractivity contribution in [3.63, 3.8) is 0 Å². The molecule has 0 fully saturated rings. The number of nitriles is 1. The molecular weight excluding hydrogens is 427 g/mol. The monoisotopic (exact) mass is 435 g/mol. The molecular formula is C14H10Br2F3N3. The summed E-state index contributed by atoms with van der Waals surface area (Å²) < 4.78 is 40.6. The van der Waals surface area contributed by atoms with Crippen LogP contribution in [-0.2, 0) is 6.18 Å². The quantitative estimate of drug-likeness (QED) is 0.676. The number of nitrogens with zero attached hydrogens (tertiary/aromatic N) is 2. The van der Waals surface area contributed by atoms with Crippen molar-refractivity contribution in [2.75, 3.05) is 5.73 Å². The average Bonchev–Trinajstić information content (AvgIpc) is 2.60. The first-order chi connectivity index (χ1) is 10.1. The minimum atomic E-state index is -4.45. The van der Waals surface area contributed by atoms with Gasteiger partial charge in [-0.2, -0.15) is 18.4 Å². The van der Waals surface area contributed by atoms with Crippen LogP contribution >= 0.6 is 31.9 Å². The molecule has 1 aromatic heterocycles. The van der Waals surface area contributed by atoms with Crippen molar-refractivity contribution in [1.82, 2.24) is 4.57 Å². The van der Waals surface area contributed by atoms with E-state index in [1.165, 1.54) is 0 Å². The molecule has 2 rings (SSSR count). The van der Waals surface area contributed by atoms with E-state index in [0.29, 0.717) is 22.5 Å². The van der Waals surface area contributed by atoms with Gasteiger partial charge in [-0.1, -0.05) is 0 Å². The maximum Gasteiger partial charge on any atom is 0.416 e. The Morgan fingerprint density at radius 1 is 1.18 bits per heavy atom. The lowest BCUT2D eigenvalue weighted by molar-refractivity contribution is -0.137. The van der Waals surface area contributed by atoms with Gasteiger partial charge in [-0.25, -0.2) is 0 Å². The number of alkyl halides is 3. The third-order valence-electron chi connectivity index (χ3n) is 3.43. The molecule has 0 saturated carbocycles. The molecule has 8 heteroatoms. The van der Waals surface area contributed by atoms with E-state index in [0.717, 1.165) is 12.1 Å². The van der Waals surface area contributed by atoms with Crippen LogP contribution in [0.1, 0.15) is 22.4 Å². The first-order valence-corrected chi connectivity index (χ1v) is 7.62. The fourth-order valence-electron chi connectivity index (χ4n) is 2.21. The van der Waals surface area contributed by atoms with E-state index in [-0.39, 0.29) is 14.8 Å². The van der Waals surface area contributed by atoms with Gasteiger partial charge >= 0.3 is 6.18 Å². The zero-order chi connectivity index (χ0) is 16.8. The summed E-state index contributed by atoms with van der Waals surface area (Å²) in [6.45, 7) is 3.50. The van der Waals surface area contributed by atoms with E-state index in [9.17, 15) is 13.2 Å². The molecule has 1 heterocycles. The van der Waals surface area contributed by atoms with Gasteiger partial charge in [0.25, 0.3) is 0 Å². The molecule has 0 aliphatic carbocycles. The molecule has 116 valence electrons. The predicted molar refractivity (Wildman–Crippen MR) is 84.8 cm³/mol. The molecule has 0 atom stereocenters. The van der Waals surface area contributed by atoms with Crippen LogP contribution in [-0.4, -0.2) is 4.57 Å². The fraction of sp³-hybridized carbons (Fsp3) is 0.214. The highest BCUT2D eigenvalue weighted by molar-refractivity contribution is 9.11. The second-order valence-electron chi connectivity index (χ2n) is 4.70. The summed E-state index contributed by atoms with van der Waals surface area (Å²) in [5.74, 6) is 0.193. The number of benzene rings is 1. The number of rotatable bonds is 1. The summed E-state index contributed by atoms with van der Waals surface area (Å²) in [6.07, 6.45) is -4.45. The molecule has 0 saturated heterocycles. The van der Waals surface area contributed by atoms with Crippen LogP contribution in [0.5, 0.6) is 0 Å². The molecule has 0 aliphatic rings. The first-order valence-electron chi connectivity index (χ1n) is 6.03. The number of nitrogen functional groups attached to an aromatic ring is 1. The van der Waals surface area contributed by atoms with Crippen molar-refractivity contribution in [3.05, 3.63) is 43.5 Å². The van der Waals surface area contributed by atoms with Gasteiger partial charge in [0.2, 0.25) is 0 Å². The highest BCUT2D eigenvalue weighted by Crippen LogP contribution is 2.40. The molecule has 2 N–H and O–H groups in total. The van der Waals surface area contributed by atoms with E-state index in [4.69, 9.17) is 11.0 Å². The number of nitrogens with two attached hydrogens (primary N) is 1. The maximum absolute atomic E-state index is 12.8. The van der Waals surface area contributed by atoms with Crippen LogP contribution in [0.15, 0.2) is 21.1 Å². The zero-order valence-corrected chi connectivity index (χ0v) is 14.7. The van der Waals surface area contributed by atoms with Crippen molar-refractivity contribution in [1.29, 1.82) is 5.26 Å². The van der Waals surface area contributed by atoms with Gasteiger partial charge in [-0.3, -0.25) is 4.57 Å². The van der Waals surface area contributed by atoms with Gasteiger partial charge in [0.05, 0.1) is 16.8 Å². The topological polar surface area (TPSA) is 54.7 Å². The molecule has 2 aromatic rings. The van der Waals surface area contributed by atoms with Gasteiger partial charge in [-0.15, -0.1) is 0 Å². The van der Waals surface area contributed by atoms with Crippen LogP contribution in [0, 0.1) is 25.2 Å². The van der Waals surface area contributed by atoms with E-state index in [2.05, 4.69) is 31.9 Å². The van der Waals surface area contributed by atoms with Crippen LogP contribution in [0.4, 0.5) is 19.0 Å². The summed E-state index contributed by atoms with van der Waals surface area (Å²) in [4.78, 5) is 0. The Hall–Kier alpha value is -1.46. The molecule has 0 bridgehead atoms. The highest BCUT2D eigenvalue weighted by atomic mass is 79.9. The summed E-state index contributed by atoms with van der Waals surface area (Å²) in [5.41, 5.74) is 7.33. The minimum absolute atomic E-state index is 0.193. The van der Waals surface area contributed by atoms with Gasteiger partial charge < -0.3 is 5.73 Å². The SMILES string of the molecule is Cc1c(C#N)c(N)n(-c2c(Br)cc(C(F)(F)F)cc2Br)c1C. The summed E-state index contributed by atoms with van der Waals surface area (Å²) in [7, 11) is 0. The molecule has 0 aliphatic heterocycles. The van der Waals surface area contributed by atoms with E-state index >= 15 is 0 Å². The number of anilines is 1. The summed E-state index contributed by atoms with van der Waals surface area (Å²) >= 11 is 6.32. The Morgan fingerprint density at radius 3 is 2.05 bits per heavy atom. The first kappa shape index (κ1) is 16.9. The smallest absolute Gasteiger partial charge is 0.384 e. The van der Waals surface area contributed by atoms with Gasteiger partial charge in [0.1, 0.15) is 11.9 Å². The van der Waals surface area contributed by atoms with Gasteiger partial charge in [0, 0.05) is 14.6 Å². The molecule has 22 heavy (non-hydrogen) atoms. The normalized spacial score (nSPS) is 11.5. The maximum atomic E-state index is 12.8. The van der Waals surface area contributed by atoms with Crippen LogP contribution in [0.2, 0.25) is 0 Å². The molecule has 1 aromatic carbocycles. The van der Waals surface area contributed by atoms with Gasteiger partial charge in [0.15, 0.2) is 0 Å². The second kappa shape index (κ2) is 5.63. The van der Waals surface area contributed by atoms with Crippen molar-refractivity contribution < 1.29 is 13.2 Å². The molecule has 0 amide bonds. The number of hydrogen-bond donors (Lipinski definition) is 1. The standard InChI is InChI=1S/C14H10Br2F3N3/c1-6-7(2)22(13(21)9(6)5-20)12-10(15)3-8(4-11(12)16)14(17,18)19/h3-4H,21H2,1-2H3. The lowest BCUT2D eigenvalue weighted by Crippen LogP contribution is -2.09. The lowest BCUT2D eigenvalue weighted by atomic mass is 10.2. The number of aromatic nitrogens is 1. The van der Waals surface area contributed by atoms with Gasteiger partial charge in [-0.05, 0) is 63.4 Å². The third kappa shape index (κ3) is 2.63. The van der Waals surface area contributed by atoms with E-state index in [1.54, 1.807) is 18.4 Å². The predicted octanol–water partition coefficient (Wildman–Crippen LogP) is 5.09. The Balaban J connectivity index is 2.79. The second-order valence-corrected chi connectivity index (χ2v) is 6.41. The summed E-state index contributed by atoms with van der Waals surface area (Å²) in [5, 5.41) is 9.16. The van der Waals surface area contributed by atoms with Crippen molar-refractivity contribution >= 4 is 37.7 Å². The Labute approximate surface area is 141 Å². The fourth-order valence-corrected chi connectivity index (χ4v) is 3.75. The van der Waals surface area contributed by atoms with Crippen molar-refractivity contribution in [2.45, 2.75) is 20.0 Å². The van der Waals surface area contributed by atoms with Crippen molar-refractivity contribution in [2.24, 2.45) is 0 Å². The van der Waals surface area contributed by atoms with Crippen LogP contribution in [0.3, 0.4) is 0 Å². The van der Waals surface area contributed by atoms with E-state index < -0.39 is 11.7 Å². The molecule has 0 unspecified atom stereocenters. The van der Waals surface area contributed by atoms with Crippen LogP contribution < -0.4 is 5.73 Å². The average molecular weight is 437 g/mol. The zero-order valence-electron chi connectivity index (χ0n) is 11.5. The minimum Gasteiger partial charge on any atom is -0.384 e. The Bertz CT molecular complexity index is 778. The lowest BCUT2D eigenvalue weighted by Gasteiger charge is -2.16. The number of hydrogen-bond acceptors (Lipinski definition) is 2. The third-order valence-corrected chi connectivity index (χ3v) is 4.64. The largest absolute Gasteiger partial charge is 0.416 e. The summed E-state index contributed by atoms with van der Waals surface area (Å²) in [6, 6.07) is 3.99. The van der Waals surface area contributed by atoms with E-state index in [1.807, 2.05) is 6.07 Å². The molecule has 0 radical (unpaired) electrons. The van der Waals surface area contributed by atoms with Crippen molar-refractivity contribution in [3.8, 4) is 11.8 Å². The Kier molecular flexibility index (Phi) is 4.33. The molecule has 3 nitrogen and oxygen atoms in total. The number of halogens is 5.